The van der Waals surface area contributed by atoms with Gasteiger partial charge in [-0.1, -0.05) is 12.1 Å². The number of phenolic OH excluding ortho intramolecular Hbond substituents is 1. The zero-order chi connectivity index (χ0) is 22.7. The standard InChI is InChI=1S/C23H21F3N4O2/c24-23(25,26)16-4-1-5-17(14-16)28-21-20(8-3-9-27-21)22(32)30-12-10-29(11-13-30)18-6-2-7-19(31)15-18/h1-9,14-15,31H,10-13H2,(H,27,28). The molecule has 4 rings (SSSR count). The minimum absolute atomic E-state index is 0.182. The van der Waals surface area contributed by atoms with Gasteiger partial charge in [0.25, 0.3) is 5.91 Å². The Balaban J connectivity index is 1.48. The molecule has 1 aliphatic rings. The van der Waals surface area contributed by atoms with Crippen molar-refractivity contribution in [3.05, 3.63) is 78.0 Å². The van der Waals surface area contributed by atoms with Crippen LogP contribution in [0, 0.1) is 0 Å². The molecule has 0 saturated carbocycles. The maximum absolute atomic E-state index is 13.1. The van der Waals surface area contributed by atoms with Gasteiger partial charge in [0, 0.05) is 49.8 Å². The van der Waals surface area contributed by atoms with E-state index < -0.39 is 11.7 Å². The van der Waals surface area contributed by atoms with Crippen molar-refractivity contribution in [2.24, 2.45) is 0 Å². The number of nitrogens with one attached hydrogen (secondary N) is 1. The summed E-state index contributed by atoms with van der Waals surface area (Å²) in [4.78, 5) is 21.1. The first-order chi connectivity index (χ1) is 15.3. The maximum Gasteiger partial charge on any atom is 0.416 e. The number of phenols is 1. The van der Waals surface area contributed by atoms with Crippen LogP contribution >= 0.6 is 0 Å². The molecule has 2 heterocycles. The highest BCUT2D eigenvalue weighted by molar-refractivity contribution is 5.99. The number of piperazine rings is 1. The van der Waals surface area contributed by atoms with Crippen LogP contribution in [0.5, 0.6) is 5.75 Å². The number of halogens is 3. The number of rotatable bonds is 4. The number of aromatic nitrogens is 1. The molecule has 0 radical (unpaired) electrons. The lowest BCUT2D eigenvalue weighted by Crippen LogP contribution is -2.48. The number of amides is 1. The van der Waals surface area contributed by atoms with E-state index in [1.54, 1.807) is 35.2 Å². The van der Waals surface area contributed by atoms with Gasteiger partial charge < -0.3 is 20.2 Å². The topological polar surface area (TPSA) is 68.7 Å². The summed E-state index contributed by atoms with van der Waals surface area (Å²) in [7, 11) is 0. The minimum atomic E-state index is -4.46. The first kappa shape index (κ1) is 21.5. The van der Waals surface area contributed by atoms with E-state index in [0.29, 0.717) is 26.2 Å². The van der Waals surface area contributed by atoms with Crippen molar-refractivity contribution >= 4 is 23.1 Å². The molecule has 0 spiro atoms. The molecular weight excluding hydrogens is 421 g/mol. The molecule has 3 aromatic rings. The summed E-state index contributed by atoms with van der Waals surface area (Å²) in [6.07, 6.45) is -2.98. The molecule has 166 valence electrons. The maximum atomic E-state index is 13.1. The summed E-state index contributed by atoms with van der Waals surface area (Å²) in [6, 6.07) is 14.9. The average Bonchev–Trinajstić information content (AvgIpc) is 2.79. The minimum Gasteiger partial charge on any atom is -0.508 e. The van der Waals surface area contributed by atoms with Gasteiger partial charge in [-0.3, -0.25) is 4.79 Å². The second kappa shape index (κ2) is 8.78. The number of nitrogens with zero attached hydrogens (tertiary/aromatic N) is 3. The van der Waals surface area contributed by atoms with Crippen molar-refractivity contribution in [1.82, 2.24) is 9.88 Å². The third-order valence-corrected chi connectivity index (χ3v) is 5.25. The van der Waals surface area contributed by atoms with Gasteiger partial charge in [0.15, 0.2) is 0 Å². The summed E-state index contributed by atoms with van der Waals surface area (Å²) in [5, 5.41) is 12.5. The first-order valence-electron chi connectivity index (χ1n) is 10.0. The van der Waals surface area contributed by atoms with Crippen LogP contribution in [0.15, 0.2) is 66.9 Å². The van der Waals surface area contributed by atoms with E-state index in [-0.39, 0.29) is 28.7 Å². The monoisotopic (exact) mass is 442 g/mol. The molecule has 2 N–H and O–H groups in total. The summed E-state index contributed by atoms with van der Waals surface area (Å²) in [5.74, 6) is 0.136. The van der Waals surface area contributed by atoms with Crippen LogP contribution in [0.2, 0.25) is 0 Å². The highest BCUT2D eigenvalue weighted by Crippen LogP contribution is 2.31. The molecule has 9 heteroatoms. The molecular formula is C23H21F3N4O2. The van der Waals surface area contributed by atoms with Crippen LogP contribution < -0.4 is 10.2 Å². The van der Waals surface area contributed by atoms with Gasteiger partial charge in [-0.2, -0.15) is 13.2 Å². The fourth-order valence-electron chi connectivity index (χ4n) is 3.62. The van der Waals surface area contributed by atoms with Crippen molar-refractivity contribution in [1.29, 1.82) is 0 Å². The van der Waals surface area contributed by atoms with Crippen LogP contribution in [0.3, 0.4) is 0 Å². The van der Waals surface area contributed by atoms with Gasteiger partial charge in [0.1, 0.15) is 11.6 Å². The summed E-state index contributed by atoms with van der Waals surface area (Å²) in [6.45, 7) is 2.11. The second-order valence-electron chi connectivity index (χ2n) is 7.40. The molecule has 0 bridgehead atoms. The molecule has 0 unspecified atom stereocenters. The fraction of sp³-hybridized carbons (Fsp3) is 0.217. The van der Waals surface area contributed by atoms with E-state index in [9.17, 15) is 23.1 Å². The molecule has 1 fully saturated rings. The van der Waals surface area contributed by atoms with Crippen LogP contribution in [0.25, 0.3) is 0 Å². The molecule has 1 aromatic heterocycles. The number of benzene rings is 2. The van der Waals surface area contributed by atoms with E-state index in [4.69, 9.17) is 0 Å². The molecule has 0 atom stereocenters. The zero-order valence-corrected chi connectivity index (χ0v) is 17.0. The number of hydrogen-bond acceptors (Lipinski definition) is 5. The third kappa shape index (κ3) is 4.77. The lowest BCUT2D eigenvalue weighted by Gasteiger charge is -2.36. The predicted molar refractivity (Wildman–Crippen MR) is 115 cm³/mol. The number of aromatic hydroxyl groups is 1. The van der Waals surface area contributed by atoms with E-state index in [1.165, 1.54) is 18.3 Å². The Labute approximate surface area is 182 Å². The van der Waals surface area contributed by atoms with Crippen molar-refractivity contribution in [2.45, 2.75) is 6.18 Å². The van der Waals surface area contributed by atoms with Crippen LogP contribution in [-0.4, -0.2) is 47.1 Å². The smallest absolute Gasteiger partial charge is 0.416 e. The van der Waals surface area contributed by atoms with E-state index in [1.807, 2.05) is 6.07 Å². The van der Waals surface area contributed by atoms with Gasteiger partial charge in [0.2, 0.25) is 0 Å². The quantitative estimate of drug-likeness (QED) is 0.622. The summed E-state index contributed by atoms with van der Waals surface area (Å²) < 4.78 is 39.0. The Hall–Kier alpha value is -3.75. The Morgan fingerprint density at radius 3 is 2.44 bits per heavy atom. The van der Waals surface area contributed by atoms with Gasteiger partial charge in [0.05, 0.1) is 11.1 Å². The predicted octanol–water partition coefficient (Wildman–Crippen LogP) is 4.51. The van der Waals surface area contributed by atoms with E-state index in [2.05, 4.69) is 15.2 Å². The highest BCUT2D eigenvalue weighted by atomic mass is 19.4. The van der Waals surface area contributed by atoms with Crippen LogP contribution in [-0.2, 0) is 6.18 Å². The normalized spacial score (nSPS) is 14.3. The molecule has 1 saturated heterocycles. The van der Waals surface area contributed by atoms with Gasteiger partial charge in [-0.25, -0.2) is 4.98 Å². The van der Waals surface area contributed by atoms with Crippen molar-refractivity contribution in [3.8, 4) is 5.75 Å². The zero-order valence-electron chi connectivity index (χ0n) is 17.0. The SMILES string of the molecule is O=C(c1cccnc1Nc1cccc(C(F)(F)F)c1)N1CCN(c2cccc(O)c2)CC1. The number of carbonyl (C=O) groups is 1. The number of alkyl halides is 3. The molecule has 0 aliphatic carbocycles. The number of anilines is 3. The van der Waals surface area contributed by atoms with Crippen LogP contribution in [0.1, 0.15) is 15.9 Å². The Kier molecular flexibility index (Phi) is 5.89. The second-order valence-corrected chi connectivity index (χ2v) is 7.40. The average molecular weight is 442 g/mol. The first-order valence-corrected chi connectivity index (χ1v) is 10.0. The third-order valence-electron chi connectivity index (χ3n) is 5.25. The number of carbonyl (C=O) groups excluding carboxylic acids is 1. The number of pyridine rings is 1. The molecule has 1 aliphatic heterocycles. The highest BCUT2D eigenvalue weighted by Gasteiger charge is 2.30. The Morgan fingerprint density at radius 2 is 1.72 bits per heavy atom. The largest absolute Gasteiger partial charge is 0.508 e. The summed E-state index contributed by atoms with van der Waals surface area (Å²) >= 11 is 0. The van der Waals surface area contributed by atoms with Gasteiger partial charge in [-0.15, -0.1) is 0 Å². The van der Waals surface area contributed by atoms with E-state index >= 15 is 0 Å². The summed E-state index contributed by atoms with van der Waals surface area (Å²) in [5.41, 5.74) is 0.580. The van der Waals surface area contributed by atoms with Gasteiger partial charge in [-0.05, 0) is 42.5 Å². The molecule has 6 nitrogen and oxygen atoms in total. The Bertz CT molecular complexity index is 1110. The Morgan fingerprint density at radius 1 is 0.969 bits per heavy atom. The number of hydrogen-bond donors (Lipinski definition) is 2. The van der Waals surface area contributed by atoms with Crippen molar-refractivity contribution < 1.29 is 23.1 Å². The fourth-order valence-corrected chi connectivity index (χ4v) is 3.62. The molecule has 2 aromatic carbocycles. The van der Waals surface area contributed by atoms with Gasteiger partial charge >= 0.3 is 6.18 Å². The van der Waals surface area contributed by atoms with E-state index in [0.717, 1.165) is 17.8 Å². The van der Waals surface area contributed by atoms with Crippen LogP contribution in [0.4, 0.5) is 30.4 Å². The molecule has 32 heavy (non-hydrogen) atoms. The van der Waals surface area contributed by atoms with Crippen molar-refractivity contribution in [2.75, 3.05) is 36.4 Å². The molecule has 1 amide bonds. The van der Waals surface area contributed by atoms with Crippen molar-refractivity contribution in [3.63, 3.8) is 0 Å². The lowest BCUT2D eigenvalue weighted by atomic mass is 10.1. The lowest BCUT2D eigenvalue weighted by molar-refractivity contribution is -0.137.